The summed E-state index contributed by atoms with van der Waals surface area (Å²) in [4.78, 5) is 26.2. The lowest BCUT2D eigenvalue weighted by Gasteiger charge is -2.30. The molecule has 0 aliphatic carbocycles. The molecule has 0 bridgehead atoms. The molecule has 0 aromatic heterocycles. The van der Waals surface area contributed by atoms with Crippen LogP contribution in [0.2, 0.25) is 0 Å². The van der Waals surface area contributed by atoms with E-state index in [1.54, 1.807) is 36.1 Å². The maximum absolute atomic E-state index is 13.0. The molecule has 2 amide bonds. The molecule has 0 radical (unpaired) electrons. The smallest absolute Gasteiger partial charge is 0.409 e. The quantitative estimate of drug-likeness (QED) is 0.714. The van der Waals surface area contributed by atoms with Gasteiger partial charge in [0.2, 0.25) is 15.9 Å². The number of carbonyl (C=O) groups is 2. The lowest BCUT2D eigenvalue weighted by molar-refractivity contribution is -0.126. The highest BCUT2D eigenvalue weighted by atomic mass is 32.2. The fourth-order valence-electron chi connectivity index (χ4n) is 3.69. The van der Waals surface area contributed by atoms with E-state index in [-0.39, 0.29) is 29.4 Å². The van der Waals surface area contributed by atoms with Gasteiger partial charge in [-0.05, 0) is 31.4 Å². The number of benzene rings is 1. The third-order valence-electron chi connectivity index (χ3n) is 5.41. The predicted octanol–water partition coefficient (Wildman–Crippen LogP) is 1.19. The number of hydrogen-bond donors (Lipinski definition) is 1. The fourth-order valence-corrected chi connectivity index (χ4v) is 5.32. The van der Waals surface area contributed by atoms with Gasteiger partial charge >= 0.3 is 6.09 Å². The van der Waals surface area contributed by atoms with E-state index >= 15 is 0 Å². The van der Waals surface area contributed by atoms with Crippen LogP contribution in [-0.4, -0.2) is 75.6 Å². The molecule has 9 nitrogen and oxygen atoms in total. The first-order valence-electron chi connectivity index (χ1n) is 10.3. The van der Waals surface area contributed by atoms with Crippen LogP contribution in [-0.2, 0) is 30.8 Å². The van der Waals surface area contributed by atoms with Gasteiger partial charge in [-0.2, -0.15) is 4.31 Å². The third-order valence-corrected chi connectivity index (χ3v) is 7.40. The zero-order chi connectivity index (χ0) is 21.6. The minimum absolute atomic E-state index is 0.128. The summed E-state index contributed by atoms with van der Waals surface area (Å²) in [5, 5.41) is 2.87. The van der Waals surface area contributed by atoms with E-state index in [1.165, 1.54) is 4.31 Å². The van der Waals surface area contributed by atoms with Gasteiger partial charge in [0.05, 0.1) is 24.7 Å². The number of sulfonamides is 1. The highest BCUT2D eigenvalue weighted by Gasteiger charge is 2.30. The molecule has 1 aromatic carbocycles. The molecule has 2 heterocycles. The first kappa shape index (κ1) is 22.5. The van der Waals surface area contributed by atoms with Crippen molar-refractivity contribution >= 4 is 22.0 Å². The number of nitrogens with zero attached hydrogens (tertiary/aromatic N) is 2. The van der Waals surface area contributed by atoms with Crippen LogP contribution in [0.15, 0.2) is 29.2 Å². The zero-order valence-corrected chi connectivity index (χ0v) is 18.0. The van der Waals surface area contributed by atoms with Crippen LogP contribution in [0.1, 0.15) is 25.3 Å². The minimum atomic E-state index is -3.64. The molecule has 0 atom stereocenters. The number of hydrogen-bond acceptors (Lipinski definition) is 6. The Morgan fingerprint density at radius 3 is 2.47 bits per heavy atom. The van der Waals surface area contributed by atoms with Gasteiger partial charge in [-0.1, -0.05) is 18.2 Å². The van der Waals surface area contributed by atoms with E-state index in [2.05, 4.69) is 5.32 Å². The normalized spacial score (nSPS) is 18.8. The van der Waals surface area contributed by atoms with Gasteiger partial charge in [-0.3, -0.25) is 4.79 Å². The Morgan fingerprint density at radius 1 is 1.13 bits per heavy atom. The van der Waals surface area contributed by atoms with Gasteiger partial charge in [0.25, 0.3) is 0 Å². The van der Waals surface area contributed by atoms with E-state index < -0.39 is 10.0 Å². The molecule has 0 unspecified atom stereocenters. The largest absolute Gasteiger partial charge is 0.450 e. The number of likely N-dealkylation sites (tertiary alicyclic amines) is 1. The van der Waals surface area contributed by atoms with Crippen LogP contribution in [0, 0.1) is 5.92 Å². The van der Waals surface area contributed by atoms with Gasteiger partial charge in [0, 0.05) is 38.6 Å². The topological polar surface area (TPSA) is 105 Å². The Balaban J connectivity index is 1.59. The maximum Gasteiger partial charge on any atom is 0.409 e. The average molecular weight is 440 g/mol. The second-order valence-electron chi connectivity index (χ2n) is 7.30. The minimum Gasteiger partial charge on any atom is -0.450 e. The zero-order valence-electron chi connectivity index (χ0n) is 17.2. The van der Waals surface area contributed by atoms with E-state index in [0.29, 0.717) is 64.4 Å². The molecule has 166 valence electrons. The Bertz CT molecular complexity index is 846. The van der Waals surface area contributed by atoms with Crippen molar-refractivity contribution in [2.45, 2.75) is 31.2 Å². The van der Waals surface area contributed by atoms with Gasteiger partial charge in [0.1, 0.15) is 0 Å². The molecule has 0 spiro atoms. The predicted molar refractivity (Wildman–Crippen MR) is 109 cm³/mol. The lowest BCUT2D eigenvalue weighted by atomic mass is 9.96. The van der Waals surface area contributed by atoms with Crippen molar-refractivity contribution in [2.24, 2.45) is 5.92 Å². The fraction of sp³-hybridized carbons (Fsp3) is 0.600. The highest BCUT2D eigenvalue weighted by molar-refractivity contribution is 7.89. The third kappa shape index (κ3) is 5.30. The summed E-state index contributed by atoms with van der Waals surface area (Å²) in [5.74, 6) is -0.337. The molecular formula is C20H29N3O6S. The van der Waals surface area contributed by atoms with Crippen molar-refractivity contribution in [1.29, 1.82) is 0 Å². The number of nitrogens with one attached hydrogen (secondary N) is 1. The number of carbonyl (C=O) groups excluding carboxylic acids is 2. The highest BCUT2D eigenvalue weighted by Crippen LogP contribution is 2.22. The molecule has 1 N–H and O–H groups in total. The van der Waals surface area contributed by atoms with Crippen LogP contribution >= 0.6 is 0 Å². The Kier molecular flexibility index (Phi) is 7.68. The molecule has 2 saturated heterocycles. The average Bonchev–Trinajstić information content (AvgIpc) is 2.78. The van der Waals surface area contributed by atoms with Crippen LogP contribution in [0.4, 0.5) is 4.79 Å². The number of piperidine rings is 1. The summed E-state index contributed by atoms with van der Waals surface area (Å²) >= 11 is 0. The molecule has 1 aromatic rings. The van der Waals surface area contributed by atoms with E-state index in [9.17, 15) is 18.0 Å². The van der Waals surface area contributed by atoms with Crippen molar-refractivity contribution in [2.75, 3.05) is 46.0 Å². The Hall–Kier alpha value is -2.17. The van der Waals surface area contributed by atoms with Gasteiger partial charge in [-0.25, -0.2) is 13.2 Å². The summed E-state index contributed by atoms with van der Waals surface area (Å²) in [6.45, 7) is 4.56. The Morgan fingerprint density at radius 2 is 1.80 bits per heavy atom. The summed E-state index contributed by atoms with van der Waals surface area (Å²) < 4.78 is 37.7. The van der Waals surface area contributed by atoms with Gasteiger partial charge < -0.3 is 19.7 Å². The van der Waals surface area contributed by atoms with Crippen molar-refractivity contribution in [3.05, 3.63) is 29.8 Å². The lowest BCUT2D eigenvalue weighted by Crippen LogP contribution is -2.43. The van der Waals surface area contributed by atoms with E-state index in [0.717, 1.165) is 0 Å². The van der Waals surface area contributed by atoms with Crippen LogP contribution < -0.4 is 5.32 Å². The first-order chi connectivity index (χ1) is 14.4. The van der Waals surface area contributed by atoms with Crippen LogP contribution in [0.25, 0.3) is 0 Å². The molecular weight excluding hydrogens is 410 g/mol. The van der Waals surface area contributed by atoms with Gasteiger partial charge in [-0.15, -0.1) is 0 Å². The van der Waals surface area contributed by atoms with Crippen molar-refractivity contribution in [3.63, 3.8) is 0 Å². The summed E-state index contributed by atoms with van der Waals surface area (Å²) in [6, 6.07) is 6.74. The number of rotatable bonds is 6. The van der Waals surface area contributed by atoms with Crippen LogP contribution in [0.5, 0.6) is 0 Å². The molecule has 10 heteroatoms. The summed E-state index contributed by atoms with van der Waals surface area (Å²) in [5.41, 5.74) is 0.557. The standard InChI is InChI=1S/C20H29N3O6S/c1-2-29-20(25)22-9-7-16(8-10-22)19(24)21-15-17-5-3-4-6-18(17)30(26,27)23-11-13-28-14-12-23/h3-6,16H,2,7-15H2,1H3,(H,21,24). The summed E-state index contributed by atoms with van der Waals surface area (Å²) in [7, 11) is -3.64. The molecule has 0 saturated carbocycles. The van der Waals surface area contributed by atoms with Gasteiger partial charge in [0.15, 0.2) is 0 Å². The van der Waals surface area contributed by atoms with E-state index in [1.807, 2.05) is 0 Å². The maximum atomic E-state index is 13.0. The molecule has 2 aliphatic rings. The number of ether oxygens (including phenoxy) is 2. The second kappa shape index (κ2) is 10.2. The molecule has 30 heavy (non-hydrogen) atoms. The molecule has 2 aliphatic heterocycles. The monoisotopic (exact) mass is 439 g/mol. The van der Waals surface area contributed by atoms with Crippen molar-refractivity contribution < 1.29 is 27.5 Å². The molecule has 3 rings (SSSR count). The summed E-state index contributed by atoms with van der Waals surface area (Å²) in [6.07, 6.45) is 0.759. The molecule has 2 fully saturated rings. The SMILES string of the molecule is CCOC(=O)N1CCC(C(=O)NCc2ccccc2S(=O)(=O)N2CCOCC2)CC1. The van der Waals surface area contributed by atoms with Crippen LogP contribution in [0.3, 0.4) is 0 Å². The Labute approximate surface area is 177 Å². The number of morpholine rings is 1. The van der Waals surface area contributed by atoms with E-state index in [4.69, 9.17) is 9.47 Å². The second-order valence-corrected chi connectivity index (χ2v) is 9.21. The number of amides is 2. The van der Waals surface area contributed by atoms with Crippen molar-refractivity contribution in [3.8, 4) is 0 Å². The van der Waals surface area contributed by atoms with Crippen molar-refractivity contribution in [1.82, 2.24) is 14.5 Å². The first-order valence-corrected chi connectivity index (χ1v) is 11.7.